The van der Waals surface area contributed by atoms with Gasteiger partial charge >= 0.3 is 5.97 Å². The molecule has 18 heavy (non-hydrogen) atoms. The minimum Gasteiger partial charge on any atom is -0.494 e. The molecule has 0 unspecified atom stereocenters. The van der Waals surface area contributed by atoms with Gasteiger partial charge in [0.05, 0.1) is 7.11 Å². The van der Waals surface area contributed by atoms with Crippen molar-refractivity contribution in [1.82, 2.24) is 4.98 Å². The van der Waals surface area contributed by atoms with Crippen molar-refractivity contribution in [1.29, 1.82) is 0 Å². The summed E-state index contributed by atoms with van der Waals surface area (Å²) in [6.45, 7) is 0. The van der Waals surface area contributed by atoms with Crippen LogP contribution in [0.25, 0.3) is 11.1 Å². The van der Waals surface area contributed by atoms with Crippen molar-refractivity contribution in [3.8, 4) is 16.9 Å². The number of carbonyl (C=O) groups is 1. The highest BCUT2D eigenvalue weighted by molar-refractivity contribution is 5.87. The summed E-state index contributed by atoms with van der Waals surface area (Å²) >= 11 is 0. The molecule has 1 aromatic carbocycles. The highest BCUT2D eigenvalue weighted by Crippen LogP contribution is 2.25. The van der Waals surface area contributed by atoms with Crippen molar-refractivity contribution < 1.29 is 19.0 Å². The SMILES string of the molecule is COc1ccc(-c2ccnc(C(=O)O)c2)cc1F. The van der Waals surface area contributed by atoms with E-state index in [0.717, 1.165) is 0 Å². The molecule has 4 nitrogen and oxygen atoms in total. The van der Waals surface area contributed by atoms with Crippen LogP contribution < -0.4 is 4.74 Å². The molecule has 1 N–H and O–H groups in total. The molecule has 0 radical (unpaired) electrons. The maximum absolute atomic E-state index is 13.5. The summed E-state index contributed by atoms with van der Waals surface area (Å²) in [6, 6.07) is 7.45. The molecule has 0 saturated carbocycles. The maximum atomic E-state index is 13.5. The summed E-state index contributed by atoms with van der Waals surface area (Å²) in [4.78, 5) is 14.5. The molecular weight excluding hydrogens is 237 g/mol. The molecule has 0 aliphatic carbocycles. The number of carboxylic acids is 1. The van der Waals surface area contributed by atoms with Crippen LogP contribution in [0, 0.1) is 5.82 Å². The zero-order valence-corrected chi connectivity index (χ0v) is 9.55. The van der Waals surface area contributed by atoms with Gasteiger partial charge in [-0.05, 0) is 35.4 Å². The third kappa shape index (κ3) is 2.29. The summed E-state index contributed by atoms with van der Waals surface area (Å²) in [6.07, 6.45) is 1.38. The van der Waals surface area contributed by atoms with Crippen LogP contribution in [-0.2, 0) is 0 Å². The Labute approximate surface area is 103 Å². The number of aromatic carboxylic acids is 1. The van der Waals surface area contributed by atoms with Gasteiger partial charge in [0.15, 0.2) is 11.6 Å². The fourth-order valence-corrected chi connectivity index (χ4v) is 1.57. The fourth-order valence-electron chi connectivity index (χ4n) is 1.57. The first-order chi connectivity index (χ1) is 8.61. The zero-order valence-electron chi connectivity index (χ0n) is 9.55. The molecule has 0 aliphatic heterocycles. The van der Waals surface area contributed by atoms with E-state index in [1.54, 1.807) is 12.1 Å². The fraction of sp³-hybridized carbons (Fsp3) is 0.0769. The van der Waals surface area contributed by atoms with Gasteiger partial charge in [-0.3, -0.25) is 0 Å². The van der Waals surface area contributed by atoms with Crippen molar-refractivity contribution in [3.05, 3.63) is 48.0 Å². The number of halogens is 1. The Hall–Kier alpha value is -2.43. The molecule has 0 bridgehead atoms. The van der Waals surface area contributed by atoms with E-state index >= 15 is 0 Å². The highest BCUT2D eigenvalue weighted by Gasteiger charge is 2.08. The van der Waals surface area contributed by atoms with Crippen LogP contribution in [0.1, 0.15) is 10.5 Å². The summed E-state index contributed by atoms with van der Waals surface area (Å²) in [5.41, 5.74) is 1.07. The standard InChI is InChI=1S/C13H10FNO3/c1-18-12-3-2-8(6-10(12)14)9-4-5-15-11(7-9)13(16)17/h2-7H,1H3,(H,16,17). The molecule has 2 rings (SSSR count). The molecule has 92 valence electrons. The van der Waals surface area contributed by atoms with E-state index in [4.69, 9.17) is 9.84 Å². The van der Waals surface area contributed by atoms with E-state index in [1.807, 2.05) is 0 Å². The maximum Gasteiger partial charge on any atom is 0.354 e. The number of methoxy groups -OCH3 is 1. The summed E-state index contributed by atoms with van der Waals surface area (Å²) < 4.78 is 18.4. The number of rotatable bonds is 3. The first-order valence-corrected chi connectivity index (χ1v) is 5.15. The van der Waals surface area contributed by atoms with Gasteiger partial charge in [0.2, 0.25) is 0 Å². The Bertz CT molecular complexity index is 599. The van der Waals surface area contributed by atoms with Crippen LogP contribution in [0.15, 0.2) is 36.5 Å². The van der Waals surface area contributed by atoms with E-state index in [9.17, 15) is 9.18 Å². The largest absolute Gasteiger partial charge is 0.494 e. The Morgan fingerprint density at radius 2 is 2.00 bits per heavy atom. The minimum atomic E-state index is -1.12. The van der Waals surface area contributed by atoms with Gasteiger partial charge in [-0.1, -0.05) is 6.07 Å². The Kier molecular flexibility index (Phi) is 3.23. The first-order valence-electron chi connectivity index (χ1n) is 5.15. The number of ether oxygens (including phenoxy) is 1. The summed E-state index contributed by atoms with van der Waals surface area (Å²) in [7, 11) is 1.38. The van der Waals surface area contributed by atoms with Gasteiger partial charge in [0.25, 0.3) is 0 Å². The second-order valence-corrected chi connectivity index (χ2v) is 3.58. The normalized spacial score (nSPS) is 10.1. The van der Waals surface area contributed by atoms with Crippen molar-refractivity contribution >= 4 is 5.97 Å². The van der Waals surface area contributed by atoms with Gasteiger partial charge in [-0.15, -0.1) is 0 Å². The van der Waals surface area contributed by atoms with Gasteiger partial charge in [-0.25, -0.2) is 14.2 Å². The molecule has 0 aliphatic rings. The number of hydrogen-bond acceptors (Lipinski definition) is 3. The van der Waals surface area contributed by atoms with Crippen LogP contribution in [0.2, 0.25) is 0 Å². The second kappa shape index (κ2) is 4.83. The van der Waals surface area contributed by atoms with Gasteiger partial charge < -0.3 is 9.84 Å². The smallest absolute Gasteiger partial charge is 0.354 e. The molecular formula is C13H10FNO3. The third-order valence-electron chi connectivity index (χ3n) is 2.46. The lowest BCUT2D eigenvalue weighted by Crippen LogP contribution is -1.99. The zero-order chi connectivity index (χ0) is 13.1. The third-order valence-corrected chi connectivity index (χ3v) is 2.46. The van der Waals surface area contributed by atoms with Gasteiger partial charge in [0.1, 0.15) is 5.69 Å². The van der Waals surface area contributed by atoms with Crippen LogP contribution in [0.5, 0.6) is 5.75 Å². The average Bonchev–Trinajstić information content (AvgIpc) is 2.38. The van der Waals surface area contributed by atoms with Gasteiger partial charge in [0, 0.05) is 6.20 Å². The molecule has 0 spiro atoms. The Morgan fingerprint density at radius 1 is 1.28 bits per heavy atom. The number of benzene rings is 1. The number of carboxylic acid groups (broad SMARTS) is 1. The second-order valence-electron chi connectivity index (χ2n) is 3.58. The molecule has 0 saturated heterocycles. The average molecular weight is 247 g/mol. The van der Waals surface area contributed by atoms with E-state index in [0.29, 0.717) is 11.1 Å². The van der Waals surface area contributed by atoms with Crippen molar-refractivity contribution in [2.45, 2.75) is 0 Å². The monoisotopic (exact) mass is 247 g/mol. The van der Waals surface area contributed by atoms with E-state index in [-0.39, 0.29) is 11.4 Å². The summed E-state index contributed by atoms with van der Waals surface area (Å²) in [5.74, 6) is -1.47. The van der Waals surface area contributed by atoms with Crippen LogP contribution in [0.3, 0.4) is 0 Å². The quantitative estimate of drug-likeness (QED) is 0.905. The molecule has 0 fully saturated rings. The first kappa shape index (κ1) is 12.0. The van der Waals surface area contributed by atoms with Gasteiger partial charge in [-0.2, -0.15) is 0 Å². The topological polar surface area (TPSA) is 59.4 Å². The molecule has 0 amide bonds. The molecule has 1 heterocycles. The van der Waals surface area contributed by atoms with Crippen molar-refractivity contribution in [2.75, 3.05) is 7.11 Å². The van der Waals surface area contributed by atoms with Crippen LogP contribution in [-0.4, -0.2) is 23.2 Å². The predicted molar refractivity (Wildman–Crippen MR) is 63.1 cm³/mol. The Balaban J connectivity index is 2.45. The van der Waals surface area contributed by atoms with Crippen molar-refractivity contribution in [3.63, 3.8) is 0 Å². The van der Waals surface area contributed by atoms with E-state index < -0.39 is 11.8 Å². The summed E-state index contributed by atoms with van der Waals surface area (Å²) in [5, 5.41) is 8.84. The molecule has 5 heteroatoms. The Morgan fingerprint density at radius 3 is 2.61 bits per heavy atom. The minimum absolute atomic E-state index is 0.0799. The van der Waals surface area contributed by atoms with Crippen LogP contribution >= 0.6 is 0 Å². The van der Waals surface area contributed by atoms with E-state index in [1.165, 1.54) is 31.5 Å². The number of nitrogens with zero attached hydrogens (tertiary/aromatic N) is 1. The van der Waals surface area contributed by atoms with Crippen molar-refractivity contribution in [2.24, 2.45) is 0 Å². The number of hydrogen-bond donors (Lipinski definition) is 1. The molecule has 2 aromatic rings. The number of aromatic nitrogens is 1. The highest BCUT2D eigenvalue weighted by atomic mass is 19.1. The van der Waals surface area contributed by atoms with Crippen LogP contribution in [0.4, 0.5) is 4.39 Å². The lowest BCUT2D eigenvalue weighted by molar-refractivity contribution is 0.0690. The predicted octanol–water partition coefficient (Wildman–Crippen LogP) is 2.59. The van der Waals surface area contributed by atoms with E-state index in [2.05, 4.69) is 4.98 Å². The lowest BCUT2D eigenvalue weighted by Gasteiger charge is -2.05. The molecule has 0 atom stereocenters. The molecule has 1 aromatic heterocycles. The lowest BCUT2D eigenvalue weighted by atomic mass is 10.1. The number of pyridine rings is 1.